The molecule has 15 N–H and O–H groups in total. The van der Waals surface area contributed by atoms with E-state index in [4.69, 9.17) is 37.9 Å². The predicted octanol–water partition coefficient (Wildman–Crippen LogP) is -3.28. The van der Waals surface area contributed by atoms with Crippen LogP contribution in [0.15, 0.2) is 11.6 Å². The Morgan fingerprint density at radius 2 is 1.24 bits per heavy atom. The Morgan fingerprint density at radius 1 is 0.618 bits per heavy atom. The first-order valence-corrected chi connectivity index (χ1v) is 26.9. The maximum absolute atomic E-state index is 13.0. The molecule has 0 spiro atoms. The Morgan fingerprint density at radius 3 is 1.88 bits per heavy atom. The monoisotopic (exact) mass is 1090 g/mol. The molecular weight excluding hydrogens is 1010 g/mol. The molecule has 8 fully saturated rings. The number of carboxylic acid groups (broad SMARTS) is 1. The second-order valence-electron chi connectivity index (χ2n) is 25.7. The fourth-order valence-corrected chi connectivity index (χ4v) is 16.3. The lowest BCUT2D eigenvalue weighted by molar-refractivity contribution is -0.399. The van der Waals surface area contributed by atoms with Crippen molar-refractivity contribution in [3.63, 3.8) is 0 Å². The van der Waals surface area contributed by atoms with Gasteiger partial charge in [-0.05, 0) is 89.8 Å². The van der Waals surface area contributed by atoms with Crippen molar-refractivity contribution in [2.75, 3.05) is 26.4 Å². The lowest BCUT2D eigenvalue weighted by atomic mass is 9.33. The summed E-state index contributed by atoms with van der Waals surface area (Å²) in [4.78, 5) is 13.0. The Labute approximate surface area is 441 Å². The molecule has 9 rings (SSSR count). The van der Waals surface area contributed by atoms with Gasteiger partial charge in [-0.1, -0.05) is 60.1 Å². The van der Waals surface area contributed by atoms with Crippen LogP contribution in [0.2, 0.25) is 0 Å². The van der Waals surface area contributed by atoms with Gasteiger partial charge in [-0.25, -0.2) is 4.79 Å². The van der Waals surface area contributed by atoms with E-state index in [0.29, 0.717) is 38.5 Å². The summed E-state index contributed by atoms with van der Waals surface area (Å²) in [5.41, 5.74) is -3.03. The minimum absolute atomic E-state index is 0.0548. The molecule has 0 aromatic heterocycles. The first-order valence-electron chi connectivity index (χ1n) is 26.9. The summed E-state index contributed by atoms with van der Waals surface area (Å²) in [6.45, 7) is 12.2. The highest BCUT2D eigenvalue weighted by Crippen LogP contribution is 2.76. The van der Waals surface area contributed by atoms with Gasteiger partial charge < -0.3 is 114 Å². The van der Waals surface area contributed by atoms with E-state index >= 15 is 0 Å². The van der Waals surface area contributed by atoms with Gasteiger partial charge in [-0.3, -0.25) is 0 Å². The van der Waals surface area contributed by atoms with E-state index in [2.05, 4.69) is 26.8 Å². The van der Waals surface area contributed by atoms with Gasteiger partial charge in [0.2, 0.25) is 0 Å². The average molecular weight is 1090 g/mol. The van der Waals surface area contributed by atoms with E-state index in [-0.39, 0.29) is 29.1 Å². The van der Waals surface area contributed by atoms with Crippen LogP contribution in [-0.2, 0) is 42.7 Å². The summed E-state index contributed by atoms with van der Waals surface area (Å²) >= 11 is 0. The van der Waals surface area contributed by atoms with E-state index in [1.807, 2.05) is 27.7 Å². The Balaban J connectivity index is 1.03. The van der Waals surface area contributed by atoms with Crippen molar-refractivity contribution in [3.8, 4) is 0 Å². The van der Waals surface area contributed by atoms with Crippen LogP contribution >= 0.6 is 0 Å². The van der Waals surface area contributed by atoms with Crippen LogP contribution in [0.3, 0.4) is 0 Å². The lowest BCUT2D eigenvalue weighted by Crippen LogP contribution is -2.71. The summed E-state index contributed by atoms with van der Waals surface area (Å²) in [7, 11) is 0. The molecule has 24 nitrogen and oxygen atoms in total. The molecule has 0 bridgehead atoms. The van der Waals surface area contributed by atoms with Gasteiger partial charge in [0.05, 0.1) is 56.3 Å². The number of hydrogen-bond donors (Lipinski definition) is 15. The molecule has 0 unspecified atom stereocenters. The van der Waals surface area contributed by atoms with Gasteiger partial charge >= 0.3 is 5.97 Å². The van der Waals surface area contributed by atoms with E-state index in [1.165, 1.54) is 0 Å². The zero-order chi connectivity index (χ0) is 55.7. The van der Waals surface area contributed by atoms with Gasteiger partial charge in [-0.2, -0.15) is 0 Å². The summed E-state index contributed by atoms with van der Waals surface area (Å²) in [5.74, 6) is -2.09. The van der Waals surface area contributed by atoms with Crippen molar-refractivity contribution >= 4 is 5.97 Å². The topological polar surface area (TPSA) is 394 Å². The highest BCUT2D eigenvalue weighted by molar-refractivity contribution is 5.73. The number of hydrogen-bond acceptors (Lipinski definition) is 23. The number of aliphatic hydroxyl groups excluding tert-OH is 14. The number of fused-ring (bicyclic) bond motifs is 7. The molecule has 0 aromatic carbocycles. The molecule has 436 valence electrons. The molecule has 0 radical (unpaired) electrons. The molecule has 9 aliphatic rings. The quantitative estimate of drug-likeness (QED) is 0.0713. The minimum Gasteiger partial charge on any atom is -0.479 e. The molecule has 4 saturated heterocycles. The van der Waals surface area contributed by atoms with Crippen molar-refractivity contribution < 1.29 is 119 Å². The van der Waals surface area contributed by atoms with Crippen molar-refractivity contribution in [2.24, 2.45) is 50.2 Å². The van der Waals surface area contributed by atoms with Crippen LogP contribution in [0, 0.1) is 50.2 Å². The number of carbonyl (C=O) groups is 1. The maximum Gasteiger partial charge on any atom is 0.335 e. The highest BCUT2D eigenvalue weighted by atomic mass is 16.8. The van der Waals surface area contributed by atoms with Gasteiger partial charge in [0.1, 0.15) is 79.4 Å². The standard InChI is InChI=1S/C52H84O24/c1-47(2)14-21-20-8-9-26-49(5)12-11-28(48(3,4)25(49)10-13-50(26,6)51(20,7)15-27(57)52(21,19-54)41(66)40(47)65)72-46-39(76-44-34(63)32(61)31(60)24(16-53)71-44)36(35(64)37(74-46)42(67)68)73-45-38(30(59)23(56)18-70-45)75-43-33(62)29(58)22(55)17-69-43/h8,21-41,43-46,53-66H,9-19H2,1-7H3,(H,67,68)/t21-,22+,23-,24+,25-,26-,27+,28-,29-,30-,31-,32-,33+,34+,35-,36-,37-,38+,39+,40-,41-,43-,44-,45-,46+,49-,50+,51+,52-/m0/s1. The number of carboxylic acids is 1. The molecule has 29 atom stereocenters. The van der Waals surface area contributed by atoms with Crippen molar-refractivity contribution in [3.05, 3.63) is 11.6 Å². The first kappa shape index (κ1) is 59.0. The molecule has 4 heterocycles. The SMILES string of the molecule is CC1(C)C[C@H]2C3=CC[C@H]4[C@@]5(C)CC[C@H](O[C@@H]6O[C@H](C(=O)O)[C@@H](O)[C@H](O[C@@H]7OC[C@H](O)[C@H](O)[C@H]7O[C@@H]7OC[C@@H](O)[C@H](O)[C@H]7O)[C@H]6O[C@@H]6O[C@H](CO)[C@H](O)[C@H](O)[C@H]6O)C(C)(C)[C@@H]5CC[C@@]4(C)[C@]3(C)C[C@@H](O)[C@@]2(CO)[C@@H](O)[C@@H]1O. The summed E-state index contributed by atoms with van der Waals surface area (Å²) in [5, 5.41) is 165. The molecule has 4 saturated carbocycles. The van der Waals surface area contributed by atoms with Crippen LogP contribution in [0.1, 0.15) is 93.4 Å². The second-order valence-corrected chi connectivity index (χ2v) is 25.7. The van der Waals surface area contributed by atoms with Crippen molar-refractivity contribution in [1.82, 2.24) is 0 Å². The minimum atomic E-state index is -2.19. The number of ether oxygens (including phenoxy) is 8. The molecular formula is C52H84O24. The van der Waals surface area contributed by atoms with Gasteiger partial charge in [0.25, 0.3) is 0 Å². The van der Waals surface area contributed by atoms with Gasteiger partial charge in [-0.15, -0.1) is 0 Å². The number of aliphatic hydroxyl groups is 14. The lowest BCUT2D eigenvalue weighted by Gasteiger charge is -2.72. The molecule has 4 aliphatic heterocycles. The van der Waals surface area contributed by atoms with Crippen LogP contribution in [0.5, 0.6) is 0 Å². The highest BCUT2D eigenvalue weighted by Gasteiger charge is 2.73. The normalized spacial score (nSPS) is 55.0. The third-order valence-electron chi connectivity index (χ3n) is 21.0. The first-order chi connectivity index (χ1) is 35.5. The largest absolute Gasteiger partial charge is 0.479 e. The molecule has 0 aromatic rings. The van der Waals surface area contributed by atoms with Crippen LogP contribution in [0.25, 0.3) is 0 Å². The zero-order valence-electron chi connectivity index (χ0n) is 44.2. The van der Waals surface area contributed by atoms with Crippen LogP contribution in [0.4, 0.5) is 0 Å². The summed E-state index contributed by atoms with van der Waals surface area (Å²) in [6, 6.07) is 0. The smallest absolute Gasteiger partial charge is 0.335 e. The van der Waals surface area contributed by atoms with Crippen LogP contribution in [-0.4, -0.2) is 244 Å². The number of rotatable bonds is 11. The summed E-state index contributed by atoms with van der Waals surface area (Å²) < 4.78 is 48.4. The van der Waals surface area contributed by atoms with Gasteiger partial charge in [0.15, 0.2) is 31.3 Å². The van der Waals surface area contributed by atoms with E-state index in [1.54, 1.807) is 0 Å². The van der Waals surface area contributed by atoms with Crippen LogP contribution < -0.4 is 0 Å². The van der Waals surface area contributed by atoms with E-state index < -0.39 is 195 Å². The number of aliphatic carboxylic acids is 1. The molecule has 0 amide bonds. The van der Waals surface area contributed by atoms with E-state index in [9.17, 15) is 81.4 Å². The Hall–Kier alpha value is -1.67. The predicted molar refractivity (Wildman–Crippen MR) is 255 cm³/mol. The number of allylic oxidation sites excluding steroid dienone is 2. The van der Waals surface area contributed by atoms with Gasteiger partial charge in [0, 0.05) is 0 Å². The molecule has 24 heteroatoms. The van der Waals surface area contributed by atoms with Crippen molar-refractivity contribution in [1.29, 1.82) is 0 Å². The second kappa shape index (κ2) is 20.9. The third kappa shape index (κ3) is 9.08. The molecule has 5 aliphatic carbocycles. The van der Waals surface area contributed by atoms with Crippen molar-refractivity contribution in [2.45, 2.75) is 228 Å². The van der Waals surface area contributed by atoms with E-state index in [0.717, 1.165) is 5.57 Å². The zero-order valence-corrected chi connectivity index (χ0v) is 44.2. The fraction of sp³-hybridized carbons (Fsp3) is 0.942. The third-order valence-corrected chi connectivity index (χ3v) is 21.0. The summed E-state index contributed by atoms with van der Waals surface area (Å²) in [6.07, 6.45) is -31.6. The Bertz CT molecular complexity index is 2110. The fourth-order valence-electron chi connectivity index (χ4n) is 16.3. The average Bonchev–Trinajstić information content (AvgIpc) is 3.38. The Kier molecular flexibility index (Phi) is 16.3. The molecule has 76 heavy (non-hydrogen) atoms. The maximum atomic E-state index is 13.0.